The van der Waals surface area contributed by atoms with E-state index in [0.29, 0.717) is 11.5 Å². The Morgan fingerprint density at radius 1 is 0.778 bits per heavy atom. The van der Waals surface area contributed by atoms with Crippen LogP contribution in [0.1, 0.15) is 41.4 Å². The van der Waals surface area contributed by atoms with Gasteiger partial charge in [-0.1, -0.05) is 68.2 Å². The van der Waals surface area contributed by atoms with Gasteiger partial charge >= 0.3 is 21.1 Å². The van der Waals surface area contributed by atoms with E-state index < -0.39 is 0 Å². The van der Waals surface area contributed by atoms with Crippen molar-refractivity contribution in [3.8, 4) is 34.1 Å². The van der Waals surface area contributed by atoms with Crippen LogP contribution in [-0.4, -0.2) is 19.3 Å². The molecule has 0 aliphatic carbocycles. The summed E-state index contributed by atoms with van der Waals surface area (Å²) in [5.74, 6) is 2.10. The number of aryl methyl sites for hydroxylation is 4. The quantitative estimate of drug-likeness (QED) is 0.152. The standard InChI is InChI=1S/C39H34N4O.Pt/c1-6-10-29-13-16-36-35(22-29)34-15-14-32(24-37(34)42(36)38-21-25(2)17-18-40-38)44-33-20-26(3)19-31(23-33)43-28(5)39(27(4)41-43)30-11-8-7-9-12-30;/h7-9,11-22H,6,10H2,1-5H3;/q-2;+2. The van der Waals surface area contributed by atoms with E-state index in [2.05, 4.69) is 112 Å². The van der Waals surface area contributed by atoms with Crippen molar-refractivity contribution in [1.29, 1.82) is 0 Å². The fraction of sp³-hybridized carbons (Fsp3) is 0.179. The third kappa shape index (κ3) is 5.73. The molecule has 4 aromatic carbocycles. The SMILES string of the molecule is CCCc1ccc2c(c1)c1ccc(Oc3[c-]c(-n4nc(C)c(-c5ccccc5)c4C)cc(C)c3)[c-]c1n2-c1cc(C)ccn1.[Pt+2]. The van der Waals surface area contributed by atoms with E-state index >= 15 is 0 Å². The molecule has 3 aromatic heterocycles. The normalized spacial score (nSPS) is 11.2. The van der Waals surface area contributed by atoms with Gasteiger partial charge in [0.1, 0.15) is 5.82 Å². The zero-order valence-electron chi connectivity index (χ0n) is 26.1. The monoisotopic (exact) mass is 769 g/mol. The third-order valence-electron chi connectivity index (χ3n) is 8.16. The van der Waals surface area contributed by atoms with Crippen LogP contribution in [0.2, 0.25) is 0 Å². The molecule has 0 spiro atoms. The van der Waals surface area contributed by atoms with E-state index in [-0.39, 0.29) is 21.1 Å². The molecular weight excluding hydrogens is 736 g/mol. The number of ether oxygens (including phenoxy) is 1. The number of rotatable bonds is 7. The molecule has 5 nitrogen and oxygen atoms in total. The molecule has 0 aliphatic rings. The first-order valence-electron chi connectivity index (χ1n) is 15.2. The summed E-state index contributed by atoms with van der Waals surface area (Å²) in [5.41, 5.74) is 10.8. The zero-order valence-corrected chi connectivity index (χ0v) is 28.4. The maximum absolute atomic E-state index is 6.48. The minimum atomic E-state index is 0. The van der Waals surface area contributed by atoms with E-state index in [1.54, 1.807) is 0 Å². The van der Waals surface area contributed by atoms with Gasteiger partial charge in [-0.15, -0.1) is 35.7 Å². The summed E-state index contributed by atoms with van der Waals surface area (Å²) >= 11 is 0. The number of hydrogen-bond acceptors (Lipinski definition) is 3. The van der Waals surface area contributed by atoms with Gasteiger partial charge in [0.05, 0.1) is 5.69 Å². The Bertz CT molecular complexity index is 2160. The van der Waals surface area contributed by atoms with Crippen molar-refractivity contribution < 1.29 is 25.8 Å². The van der Waals surface area contributed by atoms with Crippen LogP contribution in [0, 0.1) is 39.8 Å². The van der Waals surface area contributed by atoms with Crippen LogP contribution in [0.25, 0.3) is 44.4 Å². The van der Waals surface area contributed by atoms with E-state index in [4.69, 9.17) is 14.8 Å². The number of aromatic nitrogens is 4. The first-order chi connectivity index (χ1) is 21.4. The third-order valence-corrected chi connectivity index (χ3v) is 8.16. The molecule has 7 rings (SSSR count). The van der Waals surface area contributed by atoms with Gasteiger partial charge in [0.25, 0.3) is 0 Å². The molecule has 3 heterocycles. The molecule has 7 aromatic rings. The van der Waals surface area contributed by atoms with Crippen molar-refractivity contribution >= 4 is 21.8 Å². The summed E-state index contributed by atoms with van der Waals surface area (Å²) in [5, 5.41) is 7.21. The van der Waals surface area contributed by atoms with Crippen LogP contribution in [0.4, 0.5) is 0 Å². The largest absolute Gasteiger partial charge is 2.00 e. The predicted molar refractivity (Wildman–Crippen MR) is 178 cm³/mol. The summed E-state index contributed by atoms with van der Waals surface area (Å²) in [6, 6.07) is 36.5. The molecule has 45 heavy (non-hydrogen) atoms. The van der Waals surface area contributed by atoms with Crippen molar-refractivity contribution in [3.63, 3.8) is 0 Å². The van der Waals surface area contributed by atoms with Crippen molar-refractivity contribution in [2.75, 3.05) is 0 Å². The van der Waals surface area contributed by atoms with Gasteiger partial charge in [-0.25, -0.2) is 4.98 Å². The van der Waals surface area contributed by atoms with Gasteiger partial charge in [-0.2, -0.15) is 16.7 Å². The molecule has 0 amide bonds. The van der Waals surface area contributed by atoms with Crippen LogP contribution in [0.3, 0.4) is 0 Å². The summed E-state index contributed by atoms with van der Waals surface area (Å²) < 4.78 is 10.6. The molecule has 0 aliphatic heterocycles. The topological polar surface area (TPSA) is 44.9 Å². The molecule has 0 N–H and O–H groups in total. The Labute approximate surface area is 278 Å². The number of pyridine rings is 1. The minimum absolute atomic E-state index is 0. The van der Waals surface area contributed by atoms with Gasteiger partial charge in [0.2, 0.25) is 0 Å². The molecule has 0 saturated heterocycles. The van der Waals surface area contributed by atoms with Crippen molar-refractivity contribution in [2.45, 2.75) is 47.5 Å². The van der Waals surface area contributed by atoms with E-state index in [1.807, 2.05) is 35.1 Å². The van der Waals surface area contributed by atoms with Gasteiger partial charge < -0.3 is 9.30 Å². The van der Waals surface area contributed by atoms with Crippen LogP contribution < -0.4 is 4.74 Å². The molecule has 226 valence electrons. The molecular formula is C39H34N4OPt. The Kier molecular flexibility index (Phi) is 8.48. The molecule has 0 fully saturated rings. The summed E-state index contributed by atoms with van der Waals surface area (Å²) in [6.07, 6.45) is 4.01. The second-order valence-corrected chi connectivity index (χ2v) is 11.5. The average Bonchev–Trinajstić information content (AvgIpc) is 3.49. The minimum Gasteiger partial charge on any atom is -0.509 e. The number of hydrogen-bond donors (Lipinski definition) is 0. The van der Waals surface area contributed by atoms with Gasteiger partial charge in [-0.05, 0) is 73.2 Å². The second-order valence-electron chi connectivity index (χ2n) is 11.5. The zero-order chi connectivity index (χ0) is 30.4. The molecule has 0 saturated carbocycles. The van der Waals surface area contributed by atoms with Gasteiger partial charge in [-0.3, -0.25) is 4.68 Å². The predicted octanol–water partition coefficient (Wildman–Crippen LogP) is 9.61. The summed E-state index contributed by atoms with van der Waals surface area (Å²) in [7, 11) is 0. The van der Waals surface area contributed by atoms with Crippen LogP contribution in [-0.2, 0) is 27.5 Å². The average molecular weight is 770 g/mol. The Balaban J connectivity index is 0.00000357. The van der Waals surface area contributed by atoms with E-state index in [9.17, 15) is 0 Å². The maximum atomic E-state index is 6.48. The Morgan fingerprint density at radius 2 is 1.60 bits per heavy atom. The van der Waals surface area contributed by atoms with E-state index in [0.717, 1.165) is 74.4 Å². The van der Waals surface area contributed by atoms with Gasteiger partial charge in [0, 0.05) is 34.5 Å². The molecule has 0 unspecified atom stereocenters. The van der Waals surface area contributed by atoms with Crippen molar-refractivity contribution in [2.24, 2.45) is 0 Å². The van der Waals surface area contributed by atoms with Crippen LogP contribution in [0.15, 0.2) is 91.1 Å². The fourth-order valence-electron chi connectivity index (χ4n) is 6.21. The number of benzene rings is 4. The van der Waals surface area contributed by atoms with Gasteiger partial charge in [0.15, 0.2) is 0 Å². The molecule has 0 bridgehead atoms. The Morgan fingerprint density at radius 3 is 2.38 bits per heavy atom. The molecule has 0 radical (unpaired) electrons. The first kappa shape index (κ1) is 30.6. The fourth-order valence-corrected chi connectivity index (χ4v) is 6.21. The molecule has 6 heteroatoms. The number of nitrogens with zero attached hydrogens (tertiary/aromatic N) is 4. The smallest absolute Gasteiger partial charge is 0.509 e. The van der Waals surface area contributed by atoms with Crippen LogP contribution >= 0.6 is 0 Å². The molecule has 0 atom stereocenters. The maximum Gasteiger partial charge on any atom is 2.00 e. The number of fused-ring (bicyclic) bond motifs is 3. The first-order valence-corrected chi connectivity index (χ1v) is 15.2. The summed E-state index contributed by atoms with van der Waals surface area (Å²) in [4.78, 5) is 4.74. The second kappa shape index (κ2) is 12.5. The Hall–Kier alpha value is -4.47. The van der Waals surface area contributed by atoms with Crippen molar-refractivity contribution in [3.05, 3.63) is 131 Å². The summed E-state index contributed by atoms with van der Waals surface area (Å²) in [6.45, 7) is 10.5. The van der Waals surface area contributed by atoms with Crippen molar-refractivity contribution in [1.82, 2.24) is 19.3 Å². The van der Waals surface area contributed by atoms with Crippen LogP contribution in [0.5, 0.6) is 11.5 Å². The van der Waals surface area contributed by atoms with E-state index in [1.165, 1.54) is 10.9 Å².